The molecule has 1 heterocycles. The van der Waals surface area contributed by atoms with Gasteiger partial charge in [0.15, 0.2) is 0 Å². The molecule has 1 N–H and O–H groups in total. The first kappa shape index (κ1) is 12.4. The van der Waals surface area contributed by atoms with E-state index in [1.165, 1.54) is 11.1 Å². The van der Waals surface area contributed by atoms with E-state index in [1.807, 2.05) is 6.07 Å². The number of hydrogen-bond donors (Lipinski definition) is 1. The first-order chi connectivity index (χ1) is 8.69. The highest BCUT2D eigenvalue weighted by molar-refractivity contribution is 5.96. The Balaban J connectivity index is 2.70. The summed E-state index contributed by atoms with van der Waals surface area (Å²) >= 11 is 0. The number of nitrogens with zero attached hydrogens (tertiary/aromatic N) is 2. The topological polar surface area (TPSA) is 48.7 Å². The third-order valence-electron chi connectivity index (χ3n) is 3.24. The average Bonchev–Trinajstić information content (AvgIpc) is 2.40. The molecule has 0 fully saturated rings. The summed E-state index contributed by atoms with van der Waals surface area (Å²) in [5.41, 5.74) is 4.90. The summed E-state index contributed by atoms with van der Waals surface area (Å²) in [6.07, 6.45) is 2.69. The number of pyridine rings is 1. The minimum Gasteiger partial charge on any atom is -0.383 e. The van der Waals surface area contributed by atoms with Crippen molar-refractivity contribution in [2.24, 2.45) is 0 Å². The van der Waals surface area contributed by atoms with Crippen LogP contribution in [0, 0.1) is 25.2 Å². The van der Waals surface area contributed by atoms with E-state index in [-0.39, 0.29) is 0 Å². The third-order valence-corrected chi connectivity index (χ3v) is 3.24. The number of aryl methyl sites for hydroxylation is 2. The number of rotatable bonds is 3. The van der Waals surface area contributed by atoms with Crippen LogP contribution in [-0.4, -0.2) is 11.5 Å². The van der Waals surface area contributed by atoms with Gasteiger partial charge in [-0.25, -0.2) is 0 Å². The lowest BCUT2D eigenvalue weighted by Crippen LogP contribution is -2.04. The number of fused-ring (bicyclic) bond motifs is 1. The van der Waals surface area contributed by atoms with Gasteiger partial charge in [-0.15, -0.1) is 0 Å². The second-order valence-corrected chi connectivity index (χ2v) is 4.49. The maximum atomic E-state index is 9.17. The summed E-state index contributed by atoms with van der Waals surface area (Å²) in [5.74, 6) is 0. The lowest BCUT2D eigenvalue weighted by molar-refractivity contribution is 0.980. The molecule has 92 valence electrons. The van der Waals surface area contributed by atoms with Crippen molar-refractivity contribution >= 4 is 16.6 Å². The molecule has 0 aliphatic carbocycles. The highest BCUT2D eigenvalue weighted by Crippen LogP contribution is 2.28. The molecule has 0 aliphatic rings. The minimum atomic E-state index is 0.610. The normalized spacial score (nSPS) is 10.3. The fourth-order valence-electron chi connectivity index (χ4n) is 2.03. The molecule has 3 heteroatoms. The van der Waals surface area contributed by atoms with Gasteiger partial charge in [0.1, 0.15) is 6.07 Å². The molecule has 0 amide bonds. The lowest BCUT2D eigenvalue weighted by atomic mass is 10.0. The van der Waals surface area contributed by atoms with E-state index >= 15 is 0 Å². The van der Waals surface area contributed by atoms with E-state index in [4.69, 9.17) is 0 Å². The third kappa shape index (κ3) is 2.02. The molecular formula is C15H17N3. The summed E-state index contributed by atoms with van der Waals surface area (Å²) in [4.78, 5) is 4.42. The molecule has 0 radical (unpaired) electrons. The molecule has 1 aromatic carbocycles. The van der Waals surface area contributed by atoms with E-state index in [1.54, 1.807) is 6.20 Å². The summed E-state index contributed by atoms with van der Waals surface area (Å²) in [6.45, 7) is 7.12. The Morgan fingerprint density at radius 1 is 1.33 bits per heavy atom. The van der Waals surface area contributed by atoms with Crippen molar-refractivity contribution in [2.75, 3.05) is 11.9 Å². The van der Waals surface area contributed by atoms with Gasteiger partial charge in [-0.3, -0.25) is 4.98 Å². The van der Waals surface area contributed by atoms with Gasteiger partial charge in [0, 0.05) is 18.1 Å². The fourth-order valence-corrected chi connectivity index (χ4v) is 2.03. The Bertz CT molecular complexity index is 624. The first-order valence-electron chi connectivity index (χ1n) is 6.22. The van der Waals surface area contributed by atoms with Crippen molar-refractivity contribution in [1.82, 2.24) is 4.98 Å². The predicted molar refractivity (Wildman–Crippen MR) is 74.7 cm³/mol. The van der Waals surface area contributed by atoms with Crippen molar-refractivity contribution in [2.45, 2.75) is 27.2 Å². The molecule has 0 unspecified atom stereocenters. The zero-order chi connectivity index (χ0) is 13.1. The second kappa shape index (κ2) is 5.05. The zero-order valence-corrected chi connectivity index (χ0v) is 11.0. The lowest BCUT2D eigenvalue weighted by Gasteiger charge is -2.12. The first-order valence-corrected chi connectivity index (χ1v) is 6.22. The monoisotopic (exact) mass is 239 g/mol. The Kier molecular flexibility index (Phi) is 3.47. The van der Waals surface area contributed by atoms with E-state index < -0.39 is 0 Å². The van der Waals surface area contributed by atoms with Crippen LogP contribution in [0.3, 0.4) is 0 Å². The summed E-state index contributed by atoms with van der Waals surface area (Å²) in [6, 6.07) is 6.33. The van der Waals surface area contributed by atoms with Crippen LogP contribution < -0.4 is 5.32 Å². The standard InChI is InChI=1S/C15H17N3/c1-4-7-17-15-12(8-16)9-18-14-11(3)10(2)5-6-13(14)15/h5-6,9H,4,7H2,1-3H3,(H,17,18). The molecular weight excluding hydrogens is 222 g/mol. The van der Waals surface area contributed by atoms with Crippen molar-refractivity contribution in [3.05, 3.63) is 35.0 Å². The Morgan fingerprint density at radius 2 is 2.11 bits per heavy atom. The Hall–Kier alpha value is -2.08. The van der Waals surface area contributed by atoms with Crippen LogP contribution in [0.1, 0.15) is 30.0 Å². The highest BCUT2D eigenvalue weighted by atomic mass is 14.9. The maximum absolute atomic E-state index is 9.17. The average molecular weight is 239 g/mol. The smallest absolute Gasteiger partial charge is 0.103 e. The van der Waals surface area contributed by atoms with Crippen molar-refractivity contribution in [1.29, 1.82) is 5.26 Å². The largest absolute Gasteiger partial charge is 0.383 e. The van der Waals surface area contributed by atoms with E-state index in [0.29, 0.717) is 5.56 Å². The van der Waals surface area contributed by atoms with E-state index in [9.17, 15) is 5.26 Å². The molecule has 0 saturated carbocycles. The summed E-state index contributed by atoms with van der Waals surface area (Å²) in [7, 11) is 0. The van der Waals surface area contributed by atoms with Gasteiger partial charge >= 0.3 is 0 Å². The number of anilines is 1. The maximum Gasteiger partial charge on any atom is 0.103 e. The molecule has 0 spiro atoms. The molecule has 3 nitrogen and oxygen atoms in total. The number of nitrogens with one attached hydrogen (secondary N) is 1. The number of benzene rings is 1. The quantitative estimate of drug-likeness (QED) is 0.891. The van der Waals surface area contributed by atoms with Crippen LogP contribution >= 0.6 is 0 Å². The molecule has 2 aromatic rings. The molecule has 0 atom stereocenters. The van der Waals surface area contributed by atoms with Crippen LogP contribution in [0.5, 0.6) is 0 Å². The second-order valence-electron chi connectivity index (χ2n) is 4.49. The summed E-state index contributed by atoms with van der Waals surface area (Å²) in [5, 5.41) is 13.5. The predicted octanol–water partition coefficient (Wildman–Crippen LogP) is 3.55. The van der Waals surface area contributed by atoms with Crippen molar-refractivity contribution in [3.8, 4) is 6.07 Å². The summed E-state index contributed by atoms with van der Waals surface area (Å²) < 4.78 is 0. The van der Waals surface area contributed by atoms with Gasteiger partial charge in [0.2, 0.25) is 0 Å². The van der Waals surface area contributed by atoms with Crippen LogP contribution in [-0.2, 0) is 0 Å². The van der Waals surface area contributed by atoms with Gasteiger partial charge in [-0.1, -0.05) is 19.1 Å². The van der Waals surface area contributed by atoms with Crippen LogP contribution in [0.4, 0.5) is 5.69 Å². The van der Waals surface area contributed by atoms with Crippen LogP contribution in [0.2, 0.25) is 0 Å². The van der Waals surface area contributed by atoms with E-state index in [0.717, 1.165) is 29.6 Å². The van der Waals surface area contributed by atoms with Crippen molar-refractivity contribution < 1.29 is 0 Å². The SMILES string of the molecule is CCCNc1c(C#N)cnc2c(C)c(C)ccc12. The number of nitriles is 1. The van der Waals surface area contributed by atoms with Gasteiger partial charge in [-0.2, -0.15) is 5.26 Å². The number of aromatic nitrogens is 1. The van der Waals surface area contributed by atoms with Gasteiger partial charge < -0.3 is 5.32 Å². The molecule has 0 aliphatic heterocycles. The highest BCUT2D eigenvalue weighted by Gasteiger charge is 2.10. The number of hydrogen-bond acceptors (Lipinski definition) is 3. The zero-order valence-electron chi connectivity index (χ0n) is 11.0. The molecule has 18 heavy (non-hydrogen) atoms. The Morgan fingerprint density at radius 3 is 2.78 bits per heavy atom. The van der Waals surface area contributed by atoms with Crippen LogP contribution in [0.25, 0.3) is 10.9 Å². The minimum absolute atomic E-state index is 0.610. The van der Waals surface area contributed by atoms with Crippen LogP contribution in [0.15, 0.2) is 18.3 Å². The molecule has 0 bridgehead atoms. The van der Waals surface area contributed by atoms with Crippen molar-refractivity contribution in [3.63, 3.8) is 0 Å². The Labute approximate surface area is 107 Å². The van der Waals surface area contributed by atoms with E-state index in [2.05, 4.69) is 43.2 Å². The molecule has 1 aromatic heterocycles. The molecule has 0 saturated heterocycles. The van der Waals surface area contributed by atoms with Gasteiger partial charge in [0.25, 0.3) is 0 Å². The van der Waals surface area contributed by atoms with Gasteiger partial charge in [0.05, 0.1) is 16.8 Å². The molecule has 2 rings (SSSR count). The fraction of sp³-hybridized carbons (Fsp3) is 0.333. The van der Waals surface area contributed by atoms with Gasteiger partial charge in [-0.05, 0) is 31.4 Å².